The molecule has 2 aromatic carbocycles. The number of ether oxygens (including phenoxy) is 2. The molecule has 0 bridgehead atoms. The van der Waals surface area contributed by atoms with Gasteiger partial charge >= 0.3 is 6.03 Å². The third-order valence-electron chi connectivity index (χ3n) is 4.73. The number of imide groups is 2. The van der Waals surface area contributed by atoms with Crippen molar-refractivity contribution in [3.8, 4) is 11.5 Å². The predicted octanol–water partition coefficient (Wildman–Crippen LogP) is 4.35. The fraction of sp³-hybridized carbons (Fsp3) is 0.0870. The van der Waals surface area contributed by atoms with Gasteiger partial charge in [0.05, 0.1) is 25.6 Å². The van der Waals surface area contributed by atoms with E-state index in [1.807, 2.05) is 10.8 Å². The number of anilines is 2. The Labute approximate surface area is 182 Å². The lowest BCUT2D eigenvalue weighted by atomic mass is 10.1. The molecule has 0 unspecified atom stereocenters. The van der Waals surface area contributed by atoms with Gasteiger partial charge in [-0.05, 0) is 52.7 Å². The number of barbiturate groups is 1. The van der Waals surface area contributed by atoms with E-state index in [0.29, 0.717) is 28.4 Å². The molecule has 0 radical (unpaired) electrons. The first-order chi connectivity index (χ1) is 15.0. The summed E-state index contributed by atoms with van der Waals surface area (Å²) in [6.07, 6.45) is 1.49. The summed E-state index contributed by atoms with van der Waals surface area (Å²) >= 11 is 1.44. The van der Waals surface area contributed by atoms with Gasteiger partial charge in [0.25, 0.3) is 11.8 Å². The lowest BCUT2D eigenvalue weighted by molar-refractivity contribution is -0.121. The maximum Gasteiger partial charge on any atom is 0.343 e. The van der Waals surface area contributed by atoms with Crippen LogP contribution in [0.2, 0.25) is 0 Å². The molecule has 0 atom stereocenters. The SMILES string of the molecule is COc1cccc(N2C(=O)C(=Cc3ccsc3)C(=O)N(c3cccc(OC)c3)C2=O)c1. The number of carbonyl (C=O) groups is 3. The Balaban J connectivity index is 1.87. The van der Waals surface area contributed by atoms with Crippen molar-refractivity contribution in [1.82, 2.24) is 0 Å². The second-order valence-corrected chi connectivity index (χ2v) is 7.36. The van der Waals surface area contributed by atoms with E-state index < -0.39 is 17.8 Å². The quantitative estimate of drug-likeness (QED) is 0.441. The lowest BCUT2D eigenvalue weighted by Gasteiger charge is -2.34. The van der Waals surface area contributed by atoms with E-state index in [4.69, 9.17) is 9.47 Å². The molecule has 4 amide bonds. The second-order valence-electron chi connectivity index (χ2n) is 6.58. The second kappa shape index (κ2) is 8.45. The Morgan fingerprint density at radius 3 is 1.81 bits per heavy atom. The molecule has 1 aromatic heterocycles. The highest BCUT2D eigenvalue weighted by Gasteiger charge is 2.44. The van der Waals surface area contributed by atoms with Gasteiger partial charge in [0.2, 0.25) is 0 Å². The van der Waals surface area contributed by atoms with Crippen LogP contribution in [0.5, 0.6) is 11.5 Å². The Bertz CT molecular complexity index is 1110. The average Bonchev–Trinajstić information content (AvgIpc) is 3.30. The first-order valence-electron chi connectivity index (χ1n) is 9.28. The highest BCUT2D eigenvalue weighted by Crippen LogP contribution is 2.32. The van der Waals surface area contributed by atoms with E-state index in [2.05, 4.69) is 0 Å². The molecule has 31 heavy (non-hydrogen) atoms. The van der Waals surface area contributed by atoms with Crippen LogP contribution in [0, 0.1) is 0 Å². The summed E-state index contributed by atoms with van der Waals surface area (Å²) in [6, 6.07) is 14.1. The maximum atomic E-state index is 13.4. The van der Waals surface area contributed by atoms with Gasteiger partial charge < -0.3 is 9.47 Å². The smallest absolute Gasteiger partial charge is 0.343 e. The molecule has 1 aliphatic heterocycles. The monoisotopic (exact) mass is 434 g/mol. The molecule has 1 saturated heterocycles. The van der Waals surface area contributed by atoms with Crippen molar-refractivity contribution in [3.63, 3.8) is 0 Å². The van der Waals surface area contributed by atoms with Crippen molar-refractivity contribution in [2.45, 2.75) is 0 Å². The Hall–Kier alpha value is -3.91. The minimum absolute atomic E-state index is 0.122. The van der Waals surface area contributed by atoms with Crippen molar-refractivity contribution >= 4 is 46.6 Å². The van der Waals surface area contributed by atoms with Crippen LogP contribution in [0.25, 0.3) is 6.08 Å². The number of carbonyl (C=O) groups excluding carboxylic acids is 3. The van der Waals surface area contributed by atoms with Crippen LogP contribution in [0.3, 0.4) is 0 Å². The molecule has 8 heteroatoms. The van der Waals surface area contributed by atoms with Gasteiger partial charge in [-0.15, -0.1) is 0 Å². The molecule has 1 aliphatic rings. The summed E-state index contributed by atoms with van der Waals surface area (Å²) in [5.41, 5.74) is 1.17. The van der Waals surface area contributed by atoms with Crippen LogP contribution in [-0.2, 0) is 9.59 Å². The van der Waals surface area contributed by atoms with Crippen molar-refractivity contribution in [2.75, 3.05) is 24.0 Å². The zero-order chi connectivity index (χ0) is 22.0. The molecule has 1 fully saturated rings. The molecule has 156 valence electrons. The van der Waals surface area contributed by atoms with Crippen molar-refractivity contribution in [1.29, 1.82) is 0 Å². The predicted molar refractivity (Wildman–Crippen MR) is 119 cm³/mol. The normalized spacial score (nSPS) is 14.1. The molecule has 4 rings (SSSR count). The zero-order valence-electron chi connectivity index (χ0n) is 16.8. The number of hydrogen-bond acceptors (Lipinski definition) is 6. The third kappa shape index (κ3) is 3.80. The standard InChI is InChI=1S/C23H18N2O5S/c1-29-18-7-3-5-16(12-18)24-21(26)20(11-15-9-10-31-14-15)22(27)25(23(24)28)17-6-4-8-19(13-17)30-2/h3-14H,1-2H3. The van der Waals surface area contributed by atoms with E-state index in [0.717, 1.165) is 9.80 Å². The Kier molecular flexibility index (Phi) is 5.55. The van der Waals surface area contributed by atoms with Gasteiger partial charge in [-0.25, -0.2) is 14.6 Å². The summed E-state index contributed by atoms with van der Waals surface area (Å²) in [5, 5.41) is 3.66. The number of rotatable bonds is 5. The number of urea groups is 1. The molecule has 7 nitrogen and oxygen atoms in total. The van der Waals surface area contributed by atoms with Crippen LogP contribution in [-0.4, -0.2) is 32.1 Å². The number of hydrogen-bond donors (Lipinski definition) is 0. The largest absolute Gasteiger partial charge is 0.497 e. The van der Waals surface area contributed by atoms with Gasteiger partial charge in [-0.1, -0.05) is 12.1 Å². The number of nitrogens with zero attached hydrogens (tertiary/aromatic N) is 2. The van der Waals surface area contributed by atoms with Crippen LogP contribution in [0.15, 0.2) is 70.9 Å². The van der Waals surface area contributed by atoms with Gasteiger partial charge in [-0.2, -0.15) is 11.3 Å². The molecule has 0 N–H and O–H groups in total. The zero-order valence-corrected chi connectivity index (χ0v) is 17.6. The van der Waals surface area contributed by atoms with Crippen LogP contribution in [0.4, 0.5) is 16.2 Å². The fourth-order valence-corrected chi connectivity index (χ4v) is 3.83. The number of thiophene rings is 1. The lowest BCUT2D eigenvalue weighted by Crippen LogP contribution is -2.57. The maximum absolute atomic E-state index is 13.4. The summed E-state index contributed by atoms with van der Waals surface area (Å²) in [7, 11) is 2.99. The van der Waals surface area contributed by atoms with Gasteiger partial charge in [0.15, 0.2) is 0 Å². The number of methoxy groups -OCH3 is 2. The summed E-state index contributed by atoms with van der Waals surface area (Å²) in [4.78, 5) is 41.9. The third-order valence-corrected chi connectivity index (χ3v) is 5.43. The highest BCUT2D eigenvalue weighted by atomic mass is 32.1. The van der Waals surface area contributed by atoms with Crippen LogP contribution < -0.4 is 19.3 Å². The van der Waals surface area contributed by atoms with Gasteiger partial charge in [0.1, 0.15) is 17.1 Å². The molecule has 0 aliphatic carbocycles. The van der Waals surface area contributed by atoms with Crippen molar-refractivity contribution < 1.29 is 23.9 Å². The molecule has 0 saturated carbocycles. The van der Waals surface area contributed by atoms with E-state index in [-0.39, 0.29) is 5.57 Å². The van der Waals surface area contributed by atoms with E-state index in [9.17, 15) is 14.4 Å². The van der Waals surface area contributed by atoms with E-state index >= 15 is 0 Å². The Morgan fingerprint density at radius 1 is 0.806 bits per heavy atom. The van der Waals surface area contributed by atoms with E-state index in [1.54, 1.807) is 54.6 Å². The molecule has 3 aromatic rings. The minimum Gasteiger partial charge on any atom is -0.497 e. The van der Waals surface area contributed by atoms with Crippen molar-refractivity contribution in [2.24, 2.45) is 0 Å². The van der Waals surface area contributed by atoms with Crippen LogP contribution >= 0.6 is 11.3 Å². The minimum atomic E-state index is -0.779. The first-order valence-corrected chi connectivity index (χ1v) is 10.2. The number of benzene rings is 2. The van der Waals surface area contributed by atoms with Gasteiger partial charge in [-0.3, -0.25) is 9.59 Å². The summed E-state index contributed by atoms with van der Waals surface area (Å²) < 4.78 is 10.5. The van der Waals surface area contributed by atoms with Gasteiger partial charge in [0, 0.05) is 12.1 Å². The molecular formula is C23H18N2O5S. The molecular weight excluding hydrogens is 416 g/mol. The molecule has 0 spiro atoms. The van der Waals surface area contributed by atoms with Crippen LogP contribution in [0.1, 0.15) is 5.56 Å². The summed E-state index contributed by atoms with van der Waals surface area (Å²) in [5.74, 6) is -0.445. The molecule has 2 heterocycles. The summed E-state index contributed by atoms with van der Waals surface area (Å²) in [6.45, 7) is 0. The first kappa shape index (κ1) is 20.4. The topological polar surface area (TPSA) is 76.2 Å². The number of amides is 4. The fourth-order valence-electron chi connectivity index (χ4n) is 3.21. The Morgan fingerprint density at radius 2 is 1.35 bits per heavy atom. The van der Waals surface area contributed by atoms with E-state index in [1.165, 1.54) is 31.6 Å². The highest BCUT2D eigenvalue weighted by molar-refractivity contribution is 7.08. The average molecular weight is 434 g/mol. The van der Waals surface area contributed by atoms with Crippen molar-refractivity contribution in [3.05, 3.63) is 76.5 Å².